The number of benzene rings is 2. The topological polar surface area (TPSA) is 78.3 Å². The molecule has 1 amide bonds. The molecule has 0 aliphatic rings. The second-order valence-corrected chi connectivity index (χ2v) is 4.25. The van der Waals surface area contributed by atoms with Gasteiger partial charge in [-0.25, -0.2) is 8.78 Å². The van der Waals surface area contributed by atoms with E-state index in [1.54, 1.807) is 6.92 Å². The molecule has 0 aliphatic carbocycles. The molecule has 104 valence electrons. The summed E-state index contributed by atoms with van der Waals surface area (Å²) in [5.41, 5.74) is 11.1. The molecular weight excluding hydrogens is 266 g/mol. The quantitative estimate of drug-likeness (QED) is 0.847. The van der Waals surface area contributed by atoms with E-state index in [0.29, 0.717) is 5.56 Å². The Morgan fingerprint density at radius 2 is 1.85 bits per heavy atom. The van der Waals surface area contributed by atoms with Gasteiger partial charge >= 0.3 is 0 Å². The molecular formula is C14H12F2N2O2. The first-order valence-electron chi connectivity index (χ1n) is 5.71. The van der Waals surface area contributed by atoms with Gasteiger partial charge in [-0.3, -0.25) is 4.79 Å². The molecule has 4 N–H and O–H groups in total. The number of amides is 1. The molecule has 2 aromatic rings. The zero-order valence-electron chi connectivity index (χ0n) is 10.6. The normalized spacial score (nSPS) is 10.3. The number of nitrogens with two attached hydrogens (primary N) is 2. The molecule has 0 unspecified atom stereocenters. The second-order valence-electron chi connectivity index (χ2n) is 4.25. The van der Waals surface area contributed by atoms with Crippen LogP contribution in [0, 0.1) is 18.6 Å². The fraction of sp³-hybridized carbons (Fsp3) is 0.0714. The van der Waals surface area contributed by atoms with Crippen LogP contribution in [0.15, 0.2) is 30.3 Å². The lowest BCUT2D eigenvalue weighted by atomic mass is 10.1. The lowest BCUT2D eigenvalue weighted by Crippen LogP contribution is -2.14. The summed E-state index contributed by atoms with van der Waals surface area (Å²) in [4.78, 5) is 11.2. The third-order valence-corrected chi connectivity index (χ3v) is 2.74. The van der Waals surface area contributed by atoms with Crippen molar-refractivity contribution < 1.29 is 18.3 Å². The number of halogens is 2. The number of carbonyl (C=O) groups excluding carboxylic acids is 1. The highest BCUT2D eigenvalue weighted by Crippen LogP contribution is 2.30. The SMILES string of the molecule is Cc1ccc(F)cc1Oc1cc(C(N)=O)c(N)cc1F. The van der Waals surface area contributed by atoms with Crippen LogP contribution < -0.4 is 16.2 Å². The van der Waals surface area contributed by atoms with Crippen LogP contribution >= 0.6 is 0 Å². The van der Waals surface area contributed by atoms with Crippen LogP contribution in [-0.2, 0) is 0 Å². The zero-order chi connectivity index (χ0) is 14.9. The number of ether oxygens (including phenoxy) is 1. The molecule has 2 rings (SSSR count). The van der Waals surface area contributed by atoms with Gasteiger partial charge in [0, 0.05) is 17.8 Å². The molecule has 0 saturated carbocycles. The molecule has 0 radical (unpaired) electrons. The monoisotopic (exact) mass is 278 g/mol. The van der Waals surface area contributed by atoms with E-state index < -0.39 is 17.5 Å². The Balaban J connectivity index is 2.45. The fourth-order valence-electron chi connectivity index (χ4n) is 1.66. The van der Waals surface area contributed by atoms with Gasteiger partial charge in [-0.1, -0.05) is 6.07 Å². The lowest BCUT2D eigenvalue weighted by molar-refractivity contribution is 0.100. The van der Waals surface area contributed by atoms with Gasteiger partial charge in [-0.05, 0) is 24.6 Å². The van der Waals surface area contributed by atoms with Crippen LogP contribution in [0.4, 0.5) is 14.5 Å². The largest absolute Gasteiger partial charge is 0.454 e. The number of nitrogen functional groups attached to an aromatic ring is 1. The van der Waals surface area contributed by atoms with E-state index in [0.717, 1.165) is 18.2 Å². The van der Waals surface area contributed by atoms with Crippen LogP contribution in [0.2, 0.25) is 0 Å². The molecule has 0 heterocycles. The highest BCUT2D eigenvalue weighted by Gasteiger charge is 2.14. The molecule has 0 spiro atoms. The van der Waals surface area contributed by atoms with Gasteiger partial charge in [0.2, 0.25) is 0 Å². The van der Waals surface area contributed by atoms with E-state index in [1.165, 1.54) is 12.1 Å². The van der Waals surface area contributed by atoms with Crippen LogP contribution in [0.25, 0.3) is 0 Å². The summed E-state index contributed by atoms with van der Waals surface area (Å²) in [7, 11) is 0. The molecule has 0 aliphatic heterocycles. The minimum absolute atomic E-state index is 0.0598. The van der Waals surface area contributed by atoms with Crippen molar-refractivity contribution in [3.05, 3.63) is 53.1 Å². The van der Waals surface area contributed by atoms with E-state index in [-0.39, 0.29) is 22.7 Å². The predicted molar refractivity (Wildman–Crippen MR) is 70.5 cm³/mol. The van der Waals surface area contributed by atoms with Crippen molar-refractivity contribution in [3.8, 4) is 11.5 Å². The first kappa shape index (κ1) is 13.8. The Kier molecular flexibility index (Phi) is 3.56. The molecule has 6 heteroatoms. The van der Waals surface area contributed by atoms with Gasteiger partial charge in [-0.2, -0.15) is 0 Å². The maximum Gasteiger partial charge on any atom is 0.250 e. The van der Waals surface area contributed by atoms with E-state index in [9.17, 15) is 13.6 Å². The van der Waals surface area contributed by atoms with E-state index in [4.69, 9.17) is 16.2 Å². The summed E-state index contributed by atoms with van der Waals surface area (Å²) >= 11 is 0. The van der Waals surface area contributed by atoms with E-state index >= 15 is 0 Å². The molecule has 0 aromatic heterocycles. The van der Waals surface area contributed by atoms with Crippen LogP contribution in [0.5, 0.6) is 11.5 Å². The van der Waals surface area contributed by atoms with Crippen molar-refractivity contribution in [2.24, 2.45) is 5.73 Å². The standard InChI is InChI=1S/C14H12F2N2O2/c1-7-2-3-8(15)4-12(7)20-13-5-9(14(18)19)11(17)6-10(13)16/h2-6H,17H2,1H3,(H2,18,19). The van der Waals surface area contributed by atoms with Crippen LogP contribution in [-0.4, -0.2) is 5.91 Å². The number of anilines is 1. The average Bonchev–Trinajstić information content (AvgIpc) is 2.36. The first-order chi connectivity index (χ1) is 9.38. The second kappa shape index (κ2) is 5.16. The van der Waals surface area contributed by atoms with E-state index in [2.05, 4.69) is 0 Å². The summed E-state index contributed by atoms with van der Waals surface area (Å²) in [6.45, 7) is 1.68. The maximum atomic E-state index is 13.8. The highest BCUT2D eigenvalue weighted by atomic mass is 19.1. The third-order valence-electron chi connectivity index (χ3n) is 2.74. The molecule has 0 fully saturated rings. The molecule has 20 heavy (non-hydrogen) atoms. The van der Waals surface area contributed by atoms with Crippen molar-refractivity contribution in [2.75, 3.05) is 5.73 Å². The Morgan fingerprint density at radius 1 is 1.15 bits per heavy atom. The van der Waals surface area contributed by atoms with Crippen LogP contribution in [0.3, 0.4) is 0 Å². The summed E-state index contributed by atoms with van der Waals surface area (Å²) in [6.07, 6.45) is 0. The number of hydrogen-bond donors (Lipinski definition) is 2. The fourth-order valence-corrected chi connectivity index (χ4v) is 1.66. The lowest BCUT2D eigenvalue weighted by Gasteiger charge is -2.11. The molecule has 4 nitrogen and oxygen atoms in total. The van der Waals surface area contributed by atoms with Gasteiger partial charge in [-0.15, -0.1) is 0 Å². The summed E-state index contributed by atoms with van der Waals surface area (Å²) < 4.78 is 32.2. The van der Waals surface area contributed by atoms with Gasteiger partial charge in [0.05, 0.1) is 5.56 Å². The summed E-state index contributed by atoms with van der Waals surface area (Å²) in [5.74, 6) is -2.19. The Bertz CT molecular complexity index is 687. The Morgan fingerprint density at radius 3 is 2.50 bits per heavy atom. The van der Waals surface area contributed by atoms with Gasteiger partial charge in [0.15, 0.2) is 11.6 Å². The van der Waals surface area contributed by atoms with Crippen molar-refractivity contribution in [1.82, 2.24) is 0 Å². The predicted octanol–water partition coefficient (Wildman–Crippen LogP) is 2.75. The van der Waals surface area contributed by atoms with Gasteiger partial charge in [0.25, 0.3) is 5.91 Å². The number of carbonyl (C=O) groups is 1. The first-order valence-corrected chi connectivity index (χ1v) is 5.71. The maximum absolute atomic E-state index is 13.8. The minimum atomic E-state index is -0.802. The highest BCUT2D eigenvalue weighted by molar-refractivity contribution is 5.98. The van der Waals surface area contributed by atoms with E-state index in [1.807, 2.05) is 0 Å². The average molecular weight is 278 g/mol. The molecule has 0 saturated heterocycles. The number of hydrogen-bond acceptors (Lipinski definition) is 3. The number of primary amides is 1. The van der Waals surface area contributed by atoms with Crippen molar-refractivity contribution in [3.63, 3.8) is 0 Å². The third kappa shape index (κ3) is 2.69. The van der Waals surface area contributed by atoms with Crippen molar-refractivity contribution in [1.29, 1.82) is 0 Å². The number of rotatable bonds is 3. The van der Waals surface area contributed by atoms with Crippen molar-refractivity contribution in [2.45, 2.75) is 6.92 Å². The molecule has 2 aromatic carbocycles. The molecule has 0 bridgehead atoms. The zero-order valence-corrected chi connectivity index (χ0v) is 10.6. The summed E-state index contributed by atoms with van der Waals surface area (Å²) in [5, 5.41) is 0. The van der Waals surface area contributed by atoms with Crippen molar-refractivity contribution >= 4 is 11.6 Å². The number of aryl methyl sites for hydroxylation is 1. The Labute approximate surface area is 114 Å². The Hall–Kier alpha value is -2.63. The minimum Gasteiger partial charge on any atom is -0.454 e. The van der Waals surface area contributed by atoms with Gasteiger partial charge < -0.3 is 16.2 Å². The van der Waals surface area contributed by atoms with Crippen LogP contribution in [0.1, 0.15) is 15.9 Å². The smallest absolute Gasteiger partial charge is 0.250 e. The molecule has 0 atom stereocenters. The van der Waals surface area contributed by atoms with Gasteiger partial charge in [0.1, 0.15) is 11.6 Å². The summed E-state index contributed by atoms with van der Waals surface area (Å²) in [6, 6.07) is 5.90.